The molecule has 0 radical (unpaired) electrons. The zero-order valence-electron chi connectivity index (χ0n) is 81.7. The average molecular weight is 1800 g/mol. The van der Waals surface area contributed by atoms with Gasteiger partial charge < -0.3 is 19.6 Å². The Labute approximate surface area is 825 Å². The molecular weight excluding hydrogens is 1690 g/mol. The minimum Gasteiger partial charge on any atom is -0.310 e. The summed E-state index contributed by atoms with van der Waals surface area (Å²) in [6.07, 6.45) is 0. The monoisotopic (exact) mass is 1800 g/mol. The summed E-state index contributed by atoms with van der Waals surface area (Å²) in [5.41, 5.74) is 47.3. The standard InChI is InChI=1S/C70H60N2.C66H52N2/c1-45-31-46(2)36-61(35-45)71(62-37-47(3)32-48(4)38-62)59-27-29-65-67(43-59)69(57-23-19-55(20-24-57)53-15-11-9-12-16-53)66-30-28-60(44-68(66)70(65)58-25-21-56(22-26-58)54-17-13-10-14-18-54)72(63-39-49(5)33-50(6)40-63)64-41-51(7)34-52(8)42-64;1-45-15-31-55(32-16-45)67(56-33-17-46(2)18-34-56)59-39-41-61-63(43-59)65(53-27-23-51(24-28-53)49-11-7-5-8-12-49)62-42-40-60(68(57-35-19-47(3)20-36-57)58-37-21-48(4)22-38-58)44-64(62)66(61)54-29-25-52(26-30-54)50-13-9-6-10-14-50/h9-44H,1-8H3;5-44H,1-4H3. The van der Waals surface area contributed by atoms with Gasteiger partial charge in [0.1, 0.15) is 0 Å². The first-order valence-electron chi connectivity index (χ1n) is 48.8. The Morgan fingerprint density at radius 3 is 0.429 bits per heavy atom. The number of hydrogen-bond donors (Lipinski definition) is 0. The molecule has 140 heavy (non-hydrogen) atoms. The highest BCUT2D eigenvalue weighted by atomic mass is 15.2. The van der Waals surface area contributed by atoms with Crippen LogP contribution in [0.4, 0.5) is 68.2 Å². The number of fused-ring (bicyclic) bond motifs is 4. The molecule has 22 aromatic carbocycles. The van der Waals surface area contributed by atoms with Gasteiger partial charge in [-0.25, -0.2) is 0 Å². The first kappa shape index (κ1) is 89.6. The predicted molar refractivity (Wildman–Crippen MR) is 602 cm³/mol. The second-order valence-corrected chi connectivity index (χ2v) is 38.3. The molecule has 0 aliphatic carbocycles. The molecule has 22 aromatic rings. The maximum absolute atomic E-state index is 2.46. The van der Waals surface area contributed by atoms with Crippen LogP contribution in [0.3, 0.4) is 0 Å². The fraction of sp³-hybridized carbons (Fsp3) is 0.0882. The number of rotatable bonds is 20. The Balaban J connectivity index is 0.000000166. The molecule has 0 amide bonds. The minimum absolute atomic E-state index is 1.10. The van der Waals surface area contributed by atoms with Crippen molar-refractivity contribution in [2.75, 3.05) is 19.6 Å². The molecule has 22 rings (SSSR count). The van der Waals surface area contributed by atoms with Crippen LogP contribution in [0.1, 0.15) is 66.8 Å². The van der Waals surface area contributed by atoms with Crippen molar-refractivity contribution in [1.29, 1.82) is 0 Å². The van der Waals surface area contributed by atoms with Crippen molar-refractivity contribution in [3.8, 4) is 89.0 Å². The molecule has 4 heteroatoms. The van der Waals surface area contributed by atoms with E-state index in [9.17, 15) is 0 Å². The number of anilines is 12. The van der Waals surface area contributed by atoms with E-state index >= 15 is 0 Å². The highest BCUT2D eigenvalue weighted by Gasteiger charge is 2.28. The van der Waals surface area contributed by atoms with Crippen LogP contribution in [-0.4, -0.2) is 0 Å². The number of nitrogens with zero attached hydrogens (tertiary/aromatic N) is 4. The summed E-state index contributed by atoms with van der Waals surface area (Å²) in [4.78, 5) is 9.69. The summed E-state index contributed by atoms with van der Waals surface area (Å²) in [6, 6.07) is 171. The maximum Gasteiger partial charge on any atom is 0.0468 e. The van der Waals surface area contributed by atoms with Gasteiger partial charge in [0.15, 0.2) is 0 Å². The fourth-order valence-electron chi connectivity index (χ4n) is 20.9. The van der Waals surface area contributed by atoms with Crippen molar-refractivity contribution >= 4 is 111 Å². The molecular formula is C136H112N4. The molecule has 0 atom stereocenters. The van der Waals surface area contributed by atoms with Gasteiger partial charge in [-0.15, -0.1) is 0 Å². The van der Waals surface area contributed by atoms with Crippen LogP contribution in [0.2, 0.25) is 0 Å². The van der Waals surface area contributed by atoms with Crippen molar-refractivity contribution in [3.63, 3.8) is 0 Å². The molecule has 0 saturated carbocycles. The Hall–Kier alpha value is -16.9. The van der Waals surface area contributed by atoms with E-state index < -0.39 is 0 Å². The molecule has 676 valence electrons. The van der Waals surface area contributed by atoms with Crippen LogP contribution in [-0.2, 0) is 0 Å². The lowest BCUT2D eigenvalue weighted by Crippen LogP contribution is -2.11. The molecule has 0 aliphatic rings. The van der Waals surface area contributed by atoms with Crippen LogP contribution in [0.15, 0.2) is 461 Å². The van der Waals surface area contributed by atoms with Gasteiger partial charge in [-0.2, -0.15) is 0 Å². The summed E-state index contributed by atoms with van der Waals surface area (Å²) in [5.74, 6) is 0. The SMILES string of the molecule is Cc1cc(C)cc(N(c2cc(C)cc(C)c2)c2ccc3c(-c4ccc(-c5ccccc5)cc4)c4cc(N(c5cc(C)cc(C)c5)c5cc(C)cc(C)c5)ccc4c(-c4ccc(-c5ccccc5)cc4)c3c2)c1.Cc1ccc(N(c2ccc(C)cc2)c2ccc3c(-c4ccc(-c5ccccc5)cc4)c4cc(N(c5ccc(C)cc5)c5ccc(C)cc5)ccc4c(-c4ccc(-c5ccccc5)cc4)c3c2)cc1. The van der Waals surface area contributed by atoms with Crippen LogP contribution < -0.4 is 19.6 Å². The average Bonchev–Trinajstić information content (AvgIpc) is 0.724. The lowest BCUT2D eigenvalue weighted by Gasteiger charge is -2.29. The Morgan fingerprint density at radius 1 is 0.100 bits per heavy atom. The van der Waals surface area contributed by atoms with Gasteiger partial charge >= 0.3 is 0 Å². The van der Waals surface area contributed by atoms with E-state index in [1.807, 2.05) is 0 Å². The molecule has 0 bridgehead atoms. The third-order valence-electron chi connectivity index (χ3n) is 27.4. The summed E-state index contributed by atoms with van der Waals surface area (Å²) in [5, 5.41) is 9.55. The van der Waals surface area contributed by atoms with Crippen LogP contribution in [0, 0.1) is 83.1 Å². The Morgan fingerprint density at radius 2 is 0.250 bits per heavy atom. The second kappa shape index (κ2) is 38.7. The van der Waals surface area contributed by atoms with Crippen molar-refractivity contribution < 1.29 is 0 Å². The highest BCUT2D eigenvalue weighted by molar-refractivity contribution is 6.25. The fourth-order valence-corrected chi connectivity index (χ4v) is 20.9. The molecule has 0 heterocycles. The van der Waals surface area contributed by atoms with Crippen molar-refractivity contribution in [2.45, 2.75) is 83.1 Å². The van der Waals surface area contributed by atoms with Gasteiger partial charge in [0, 0.05) is 68.2 Å². The summed E-state index contributed by atoms with van der Waals surface area (Å²) < 4.78 is 0. The molecule has 0 spiro atoms. The first-order chi connectivity index (χ1) is 68.3. The van der Waals surface area contributed by atoms with E-state index in [1.165, 1.54) is 199 Å². The van der Waals surface area contributed by atoms with Crippen LogP contribution in [0.5, 0.6) is 0 Å². The molecule has 0 unspecified atom stereocenters. The predicted octanol–water partition coefficient (Wildman–Crippen LogP) is 38.9. The smallest absolute Gasteiger partial charge is 0.0468 e. The van der Waals surface area contributed by atoms with Crippen LogP contribution >= 0.6 is 0 Å². The molecule has 0 N–H and O–H groups in total. The van der Waals surface area contributed by atoms with E-state index in [2.05, 4.69) is 564 Å². The van der Waals surface area contributed by atoms with Crippen molar-refractivity contribution in [3.05, 3.63) is 528 Å². The van der Waals surface area contributed by atoms with Crippen molar-refractivity contribution in [2.24, 2.45) is 0 Å². The van der Waals surface area contributed by atoms with Gasteiger partial charge in [-0.1, -0.05) is 338 Å². The number of aryl methyl sites for hydroxylation is 12. The summed E-state index contributed by atoms with van der Waals surface area (Å²) in [7, 11) is 0. The normalized spacial score (nSPS) is 11.3. The van der Waals surface area contributed by atoms with E-state index in [0.29, 0.717) is 0 Å². The second-order valence-electron chi connectivity index (χ2n) is 38.3. The van der Waals surface area contributed by atoms with E-state index in [-0.39, 0.29) is 0 Å². The quantitative estimate of drug-likeness (QED) is 0.0705. The zero-order chi connectivity index (χ0) is 95.8. The van der Waals surface area contributed by atoms with Gasteiger partial charge in [0.2, 0.25) is 0 Å². The minimum atomic E-state index is 1.10. The number of benzene rings is 22. The largest absolute Gasteiger partial charge is 0.310 e. The molecule has 0 fully saturated rings. The molecule has 4 nitrogen and oxygen atoms in total. The lowest BCUT2D eigenvalue weighted by atomic mass is 9.84. The Kier molecular flexibility index (Phi) is 24.8. The third-order valence-corrected chi connectivity index (χ3v) is 27.4. The van der Waals surface area contributed by atoms with E-state index in [0.717, 1.165) is 68.2 Å². The lowest BCUT2D eigenvalue weighted by molar-refractivity contribution is 1.24. The zero-order valence-corrected chi connectivity index (χ0v) is 81.7. The topological polar surface area (TPSA) is 13.0 Å². The molecule has 0 aliphatic heterocycles. The number of hydrogen-bond acceptors (Lipinski definition) is 4. The molecule has 0 saturated heterocycles. The van der Waals surface area contributed by atoms with Gasteiger partial charge in [0.25, 0.3) is 0 Å². The van der Waals surface area contributed by atoms with Gasteiger partial charge in [-0.3, -0.25) is 0 Å². The van der Waals surface area contributed by atoms with Gasteiger partial charge in [0.05, 0.1) is 0 Å². The first-order valence-corrected chi connectivity index (χ1v) is 48.8. The third kappa shape index (κ3) is 18.5. The Bertz CT molecular complexity index is 7550. The van der Waals surface area contributed by atoms with Crippen molar-refractivity contribution in [1.82, 2.24) is 0 Å². The molecule has 0 aromatic heterocycles. The van der Waals surface area contributed by atoms with E-state index in [4.69, 9.17) is 0 Å². The van der Waals surface area contributed by atoms with E-state index in [1.54, 1.807) is 0 Å². The van der Waals surface area contributed by atoms with Gasteiger partial charge in [-0.05, 0) is 405 Å². The summed E-state index contributed by atoms with van der Waals surface area (Å²) >= 11 is 0. The maximum atomic E-state index is 2.46. The summed E-state index contributed by atoms with van der Waals surface area (Å²) in [6.45, 7) is 26.2. The highest BCUT2D eigenvalue weighted by Crippen LogP contribution is 2.53. The van der Waals surface area contributed by atoms with Crippen LogP contribution in [0.25, 0.3) is 132 Å².